The molecule has 158 valence electrons. The van der Waals surface area contributed by atoms with Crippen molar-refractivity contribution in [3.63, 3.8) is 0 Å². The van der Waals surface area contributed by atoms with E-state index < -0.39 is 0 Å². The average molecular weight is 385 g/mol. The van der Waals surface area contributed by atoms with E-state index in [2.05, 4.69) is 41.5 Å². The Morgan fingerprint density at radius 2 is 0.923 bits per heavy atom. The Morgan fingerprint density at radius 3 is 1.38 bits per heavy atom. The molecule has 0 fully saturated rings. The highest BCUT2D eigenvalue weighted by atomic mass is 31.1. The minimum absolute atomic E-state index is 0.310. The summed E-state index contributed by atoms with van der Waals surface area (Å²) in [7, 11) is 0.310. The molecule has 0 amide bonds. The van der Waals surface area contributed by atoms with Crippen LogP contribution in [0.3, 0.4) is 0 Å². The molecule has 0 aliphatic rings. The van der Waals surface area contributed by atoms with E-state index in [1.54, 1.807) is 6.16 Å². The molecule has 0 aliphatic carbocycles. The maximum Gasteiger partial charge on any atom is -0.0323 e. The molecule has 0 aromatic carbocycles. The molecule has 0 spiro atoms. The van der Waals surface area contributed by atoms with Gasteiger partial charge in [0.1, 0.15) is 0 Å². The number of hydrogen-bond acceptors (Lipinski definition) is 0. The van der Waals surface area contributed by atoms with Gasteiger partial charge in [-0.2, -0.15) is 0 Å². The van der Waals surface area contributed by atoms with Gasteiger partial charge >= 0.3 is 0 Å². The van der Waals surface area contributed by atoms with E-state index in [4.69, 9.17) is 0 Å². The molecular weight excluding hydrogens is 331 g/mol. The van der Waals surface area contributed by atoms with E-state index in [0.717, 1.165) is 17.8 Å². The maximum atomic E-state index is 2.52. The Labute approximate surface area is 169 Å². The molecule has 0 bridgehead atoms. The Morgan fingerprint density at radius 1 is 0.500 bits per heavy atom. The summed E-state index contributed by atoms with van der Waals surface area (Å²) in [5.41, 5.74) is 0. The van der Waals surface area contributed by atoms with Crippen LogP contribution in [0.4, 0.5) is 0 Å². The highest BCUT2D eigenvalue weighted by Gasteiger charge is 2.12. The molecule has 1 heteroatoms. The average Bonchev–Trinajstić information content (AvgIpc) is 2.59. The third-order valence-electron chi connectivity index (χ3n) is 5.78. The standard InChI is InChI=1S/C25H53P/c1-7-8-9-10-11-12-13-14-15-16-25(6)19-22-26(20-17-23(2)3)21-18-24(4)5/h23-25H,7-22H2,1-6H3. The Hall–Kier alpha value is 0.430. The first-order valence-electron chi connectivity index (χ1n) is 12.2. The van der Waals surface area contributed by atoms with E-state index >= 15 is 0 Å². The van der Waals surface area contributed by atoms with Crippen molar-refractivity contribution in [2.75, 3.05) is 18.5 Å². The van der Waals surface area contributed by atoms with E-state index in [-0.39, 0.29) is 0 Å². The summed E-state index contributed by atoms with van der Waals surface area (Å²) in [6, 6.07) is 0. The summed E-state index contributed by atoms with van der Waals surface area (Å²) in [6.07, 6.45) is 23.6. The quantitative estimate of drug-likeness (QED) is 0.154. The van der Waals surface area contributed by atoms with E-state index in [1.807, 2.05) is 0 Å². The van der Waals surface area contributed by atoms with E-state index in [0.29, 0.717) is 7.92 Å². The molecule has 0 saturated carbocycles. The number of hydrogen-bond donors (Lipinski definition) is 0. The van der Waals surface area contributed by atoms with Gasteiger partial charge in [-0.25, -0.2) is 0 Å². The monoisotopic (exact) mass is 384 g/mol. The van der Waals surface area contributed by atoms with Gasteiger partial charge in [-0.05, 0) is 55.5 Å². The van der Waals surface area contributed by atoms with E-state index in [1.165, 1.54) is 95.8 Å². The van der Waals surface area contributed by atoms with Crippen LogP contribution in [0.5, 0.6) is 0 Å². The lowest BCUT2D eigenvalue weighted by molar-refractivity contribution is 0.470. The fourth-order valence-electron chi connectivity index (χ4n) is 3.57. The summed E-state index contributed by atoms with van der Waals surface area (Å²) in [5.74, 6) is 2.74. The van der Waals surface area contributed by atoms with Crippen molar-refractivity contribution in [2.45, 2.75) is 125 Å². The van der Waals surface area contributed by atoms with Crippen LogP contribution >= 0.6 is 7.92 Å². The van der Waals surface area contributed by atoms with Gasteiger partial charge in [-0.15, -0.1) is 7.92 Å². The Kier molecular flexibility index (Phi) is 19.1. The lowest BCUT2D eigenvalue weighted by atomic mass is 9.99. The van der Waals surface area contributed by atoms with Gasteiger partial charge in [0.15, 0.2) is 0 Å². The summed E-state index contributed by atoms with van der Waals surface area (Å²) in [6.45, 7) is 14.4. The molecular formula is C25H53P. The fourth-order valence-corrected chi connectivity index (χ4v) is 6.81. The lowest BCUT2D eigenvalue weighted by Gasteiger charge is -2.22. The molecule has 0 rings (SSSR count). The highest BCUT2D eigenvalue weighted by molar-refractivity contribution is 7.57. The van der Waals surface area contributed by atoms with Crippen LogP contribution in [-0.4, -0.2) is 18.5 Å². The largest absolute Gasteiger partial charge is 0.107 e. The zero-order valence-electron chi connectivity index (χ0n) is 19.5. The molecule has 0 radical (unpaired) electrons. The predicted molar refractivity (Wildman–Crippen MR) is 126 cm³/mol. The van der Waals surface area contributed by atoms with Crippen molar-refractivity contribution in [3.8, 4) is 0 Å². The minimum atomic E-state index is 0.310. The second-order valence-electron chi connectivity index (χ2n) is 9.72. The van der Waals surface area contributed by atoms with Gasteiger partial charge in [-0.3, -0.25) is 0 Å². The van der Waals surface area contributed by atoms with Crippen molar-refractivity contribution in [1.29, 1.82) is 0 Å². The first-order valence-corrected chi connectivity index (χ1v) is 14.1. The van der Waals surface area contributed by atoms with Crippen molar-refractivity contribution in [3.05, 3.63) is 0 Å². The van der Waals surface area contributed by atoms with Crippen LogP contribution in [0.2, 0.25) is 0 Å². The molecule has 0 aromatic rings. The van der Waals surface area contributed by atoms with Gasteiger partial charge in [0.2, 0.25) is 0 Å². The summed E-state index contributed by atoms with van der Waals surface area (Å²) in [5, 5.41) is 0. The number of rotatable bonds is 19. The maximum absolute atomic E-state index is 2.52. The smallest absolute Gasteiger partial charge is 0.0323 e. The summed E-state index contributed by atoms with van der Waals surface area (Å²) < 4.78 is 0. The molecule has 0 heterocycles. The molecule has 0 aromatic heterocycles. The van der Waals surface area contributed by atoms with Gasteiger partial charge in [0.05, 0.1) is 0 Å². The zero-order chi connectivity index (χ0) is 19.6. The molecule has 1 unspecified atom stereocenters. The van der Waals surface area contributed by atoms with Crippen molar-refractivity contribution < 1.29 is 0 Å². The molecule has 0 saturated heterocycles. The highest BCUT2D eigenvalue weighted by Crippen LogP contribution is 2.40. The van der Waals surface area contributed by atoms with Crippen LogP contribution in [0.25, 0.3) is 0 Å². The normalized spacial score (nSPS) is 13.3. The third kappa shape index (κ3) is 19.2. The van der Waals surface area contributed by atoms with Gasteiger partial charge in [-0.1, -0.05) is 106 Å². The van der Waals surface area contributed by atoms with Crippen LogP contribution in [0.15, 0.2) is 0 Å². The molecule has 0 nitrogen and oxygen atoms in total. The molecule has 0 N–H and O–H groups in total. The molecule has 1 atom stereocenters. The summed E-state index contributed by atoms with van der Waals surface area (Å²) in [4.78, 5) is 0. The van der Waals surface area contributed by atoms with Gasteiger partial charge in [0, 0.05) is 0 Å². The van der Waals surface area contributed by atoms with Crippen LogP contribution in [-0.2, 0) is 0 Å². The first kappa shape index (κ1) is 26.4. The first-order chi connectivity index (χ1) is 12.5. The fraction of sp³-hybridized carbons (Fsp3) is 1.00. The van der Waals surface area contributed by atoms with Crippen LogP contribution < -0.4 is 0 Å². The Balaban J connectivity index is 3.71. The third-order valence-corrected chi connectivity index (χ3v) is 8.46. The van der Waals surface area contributed by atoms with Crippen molar-refractivity contribution in [1.82, 2.24) is 0 Å². The van der Waals surface area contributed by atoms with E-state index in [9.17, 15) is 0 Å². The van der Waals surface area contributed by atoms with Gasteiger partial charge < -0.3 is 0 Å². The Bertz CT molecular complexity index is 259. The van der Waals surface area contributed by atoms with Crippen molar-refractivity contribution >= 4 is 7.92 Å². The second kappa shape index (κ2) is 18.8. The molecule has 0 aliphatic heterocycles. The summed E-state index contributed by atoms with van der Waals surface area (Å²) >= 11 is 0. The lowest BCUT2D eigenvalue weighted by Crippen LogP contribution is -2.04. The minimum Gasteiger partial charge on any atom is -0.107 e. The van der Waals surface area contributed by atoms with Crippen LogP contribution in [0.1, 0.15) is 125 Å². The predicted octanol–water partition coefficient (Wildman–Crippen LogP) is 9.51. The van der Waals surface area contributed by atoms with Crippen molar-refractivity contribution in [2.24, 2.45) is 17.8 Å². The SMILES string of the molecule is CCCCCCCCCCCC(C)CCP(CCC(C)C)CCC(C)C. The zero-order valence-corrected chi connectivity index (χ0v) is 20.4. The van der Waals surface area contributed by atoms with Crippen LogP contribution in [0, 0.1) is 17.8 Å². The molecule has 26 heavy (non-hydrogen) atoms. The number of unbranched alkanes of at least 4 members (excludes halogenated alkanes) is 8. The van der Waals surface area contributed by atoms with Gasteiger partial charge in [0.25, 0.3) is 0 Å². The topological polar surface area (TPSA) is 0 Å². The second-order valence-corrected chi connectivity index (χ2v) is 12.4.